The van der Waals surface area contributed by atoms with E-state index in [1.165, 1.54) is 23.5 Å². The number of imidazole rings is 1. The van der Waals surface area contributed by atoms with E-state index in [0.717, 1.165) is 28.3 Å². The molecule has 234 valence electrons. The fourth-order valence-corrected chi connectivity index (χ4v) is 6.70. The molecule has 1 aromatic carbocycles. The molecule has 6 heterocycles. The molecule has 2 saturated heterocycles. The third-order valence-electron chi connectivity index (χ3n) is 8.34. The van der Waals surface area contributed by atoms with Crippen LogP contribution < -0.4 is 20.4 Å². The number of aliphatic hydroxyl groups excluding tert-OH is 1. The number of rotatable bonds is 8. The van der Waals surface area contributed by atoms with Gasteiger partial charge in [-0.1, -0.05) is 18.3 Å². The number of amides is 1. The first-order valence-corrected chi connectivity index (χ1v) is 15.8. The van der Waals surface area contributed by atoms with E-state index in [1.54, 1.807) is 24.5 Å². The fourth-order valence-electron chi connectivity index (χ4n) is 5.85. The van der Waals surface area contributed by atoms with Gasteiger partial charge in [-0.2, -0.15) is 5.26 Å². The van der Waals surface area contributed by atoms with E-state index in [4.69, 9.17) is 9.97 Å². The number of nitrogens with zero attached hydrogens (tertiary/aromatic N) is 8. The molecule has 0 spiro atoms. The number of hydrogen-bond acceptors (Lipinski definition) is 11. The van der Waals surface area contributed by atoms with Crippen LogP contribution in [0.3, 0.4) is 0 Å². The molecule has 5 aromatic rings. The van der Waals surface area contributed by atoms with Gasteiger partial charge in [-0.3, -0.25) is 9.20 Å². The molecule has 2 fully saturated rings. The second-order valence-corrected chi connectivity index (χ2v) is 12.4. The van der Waals surface area contributed by atoms with Crippen LogP contribution in [0.5, 0.6) is 0 Å². The Bertz CT molecular complexity index is 1950. The second kappa shape index (κ2) is 12.1. The molecule has 0 saturated carbocycles. The van der Waals surface area contributed by atoms with Crippen molar-refractivity contribution in [3.05, 3.63) is 71.4 Å². The monoisotopic (exact) mass is 638 g/mol. The number of nitrogens with one attached hydrogen (secondary N) is 2. The summed E-state index contributed by atoms with van der Waals surface area (Å²) in [4.78, 5) is 35.6. The van der Waals surface area contributed by atoms with Gasteiger partial charge < -0.3 is 25.5 Å². The standard InChI is InChI=1S/C32H31FN10O2S/c1-3-24-30(41(2)32-40-28(26(11-34)46-32)18-4-7-21(33)8-5-18)43-15-19(6-9-27(43)39-24)20-12-36-31(37-13-20)42-16-22(17-42)38-29(45)25-10-23(44)14-35-25/h4-9,12-13,15,22-23,25,35,44H,3,10,14,16-17H2,1-2H3,(H,38,45)/t23-,25+/m1/s1. The molecular formula is C32H31FN10O2S. The van der Waals surface area contributed by atoms with Crippen LogP contribution in [0.2, 0.25) is 0 Å². The highest BCUT2D eigenvalue weighted by Gasteiger charge is 2.34. The molecule has 4 aromatic heterocycles. The fraction of sp³-hybridized carbons (Fsp3) is 0.312. The van der Waals surface area contributed by atoms with Gasteiger partial charge in [0.2, 0.25) is 11.9 Å². The zero-order valence-electron chi connectivity index (χ0n) is 25.2. The summed E-state index contributed by atoms with van der Waals surface area (Å²) in [5.41, 5.74) is 4.57. The molecule has 0 unspecified atom stereocenters. The molecule has 7 rings (SSSR count). The largest absolute Gasteiger partial charge is 0.392 e. The average molecular weight is 639 g/mol. The number of carbonyl (C=O) groups excluding carboxylic acids is 1. The van der Waals surface area contributed by atoms with Crippen molar-refractivity contribution in [3.63, 3.8) is 0 Å². The molecule has 2 atom stereocenters. The van der Waals surface area contributed by atoms with Crippen LogP contribution >= 0.6 is 11.3 Å². The van der Waals surface area contributed by atoms with Crippen molar-refractivity contribution in [1.82, 2.24) is 35.0 Å². The number of aromatic nitrogens is 5. The lowest BCUT2D eigenvalue weighted by Gasteiger charge is -2.39. The Balaban J connectivity index is 1.10. The number of benzene rings is 1. The topological polar surface area (TPSA) is 148 Å². The maximum absolute atomic E-state index is 13.5. The SMILES string of the molecule is CCc1nc2ccc(-c3cnc(N4CC(NC(=O)[C@@H]5C[C@@H](O)CN5)C4)nc3)cn2c1N(C)c1nc(-c2ccc(F)cc2)c(C#N)s1. The van der Waals surface area contributed by atoms with Gasteiger partial charge in [-0.15, -0.1) is 0 Å². The summed E-state index contributed by atoms with van der Waals surface area (Å²) >= 11 is 1.27. The first-order valence-electron chi connectivity index (χ1n) is 15.0. The minimum absolute atomic E-state index is 0.0102. The number of hydrogen-bond donors (Lipinski definition) is 3. The molecule has 46 heavy (non-hydrogen) atoms. The smallest absolute Gasteiger partial charge is 0.237 e. The average Bonchev–Trinajstić information content (AvgIpc) is 3.79. The maximum Gasteiger partial charge on any atom is 0.237 e. The number of aliphatic hydroxyl groups is 1. The minimum atomic E-state index is -0.478. The van der Waals surface area contributed by atoms with E-state index < -0.39 is 6.10 Å². The normalized spacial score (nSPS) is 18.0. The number of pyridine rings is 1. The molecule has 0 bridgehead atoms. The summed E-state index contributed by atoms with van der Waals surface area (Å²) in [6, 6.07) is 11.8. The van der Waals surface area contributed by atoms with Crippen molar-refractivity contribution >= 4 is 39.8 Å². The van der Waals surface area contributed by atoms with Crippen molar-refractivity contribution in [2.75, 3.05) is 36.5 Å². The molecule has 12 nitrogen and oxygen atoms in total. The van der Waals surface area contributed by atoms with Crippen molar-refractivity contribution in [2.45, 2.75) is 38.0 Å². The number of fused-ring (bicyclic) bond motifs is 1. The van der Waals surface area contributed by atoms with Crippen LogP contribution in [0, 0.1) is 17.1 Å². The van der Waals surface area contributed by atoms with Gasteiger partial charge in [-0.05, 0) is 49.2 Å². The van der Waals surface area contributed by atoms with E-state index in [-0.39, 0.29) is 23.8 Å². The van der Waals surface area contributed by atoms with Gasteiger partial charge in [0.25, 0.3) is 0 Å². The number of aryl methyl sites for hydroxylation is 1. The number of thiazole rings is 1. The zero-order chi connectivity index (χ0) is 31.9. The summed E-state index contributed by atoms with van der Waals surface area (Å²) in [6.07, 6.45) is 6.21. The van der Waals surface area contributed by atoms with Gasteiger partial charge in [0.1, 0.15) is 33.9 Å². The Morgan fingerprint density at radius 1 is 1.15 bits per heavy atom. The molecule has 2 aliphatic heterocycles. The molecule has 3 N–H and O–H groups in total. The van der Waals surface area contributed by atoms with E-state index in [1.807, 2.05) is 46.5 Å². The van der Waals surface area contributed by atoms with Gasteiger partial charge in [-0.25, -0.2) is 24.3 Å². The summed E-state index contributed by atoms with van der Waals surface area (Å²) in [6.45, 7) is 3.71. The first-order chi connectivity index (χ1) is 22.3. The maximum atomic E-state index is 13.5. The molecule has 1 amide bonds. The third-order valence-corrected chi connectivity index (χ3v) is 9.38. The quantitative estimate of drug-likeness (QED) is 0.231. The number of carbonyl (C=O) groups is 1. The van der Waals surface area contributed by atoms with Crippen LogP contribution in [-0.2, 0) is 11.2 Å². The number of halogens is 1. The Morgan fingerprint density at radius 2 is 1.89 bits per heavy atom. The Kier molecular flexibility index (Phi) is 7.81. The highest BCUT2D eigenvalue weighted by Crippen LogP contribution is 2.37. The van der Waals surface area contributed by atoms with Gasteiger partial charge in [0, 0.05) is 62.0 Å². The van der Waals surface area contributed by atoms with Crippen molar-refractivity contribution in [3.8, 4) is 28.5 Å². The highest BCUT2D eigenvalue weighted by atomic mass is 32.1. The molecule has 2 aliphatic rings. The predicted octanol–water partition coefficient (Wildman–Crippen LogP) is 3.28. The molecule has 0 aliphatic carbocycles. The van der Waals surface area contributed by atoms with Crippen LogP contribution in [0.1, 0.15) is 23.9 Å². The Hall–Kier alpha value is -4.97. The highest BCUT2D eigenvalue weighted by molar-refractivity contribution is 7.16. The van der Waals surface area contributed by atoms with Crippen molar-refractivity contribution in [2.24, 2.45) is 0 Å². The van der Waals surface area contributed by atoms with E-state index in [2.05, 4.69) is 26.7 Å². The van der Waals surface area contributed by atoms with E-state index in [9.17, 15) is 19.6 Å². The first kappa shape index (κ1) is 29.7. The second-order valence-electron chi connectivity index (χ2n) is 11.5. The van der Waals surface area contributed by atoms with Gasteiger partial charge in [0.15, 0.2) is 5.13 Å². The lowest BCUT2D eigenvalue weighted by molar-refractivity contribution is -0.123. The predicted molar refractivity (Wildman–Crippen MR) is 172 cm³/mol. The number of nitriles is 1. The summed E-state index contributed by atoms with van der Waals surface area (Å²) in [7, 11) is 1.90. The summed E-state index contributed by atoms with van der Waals surface area (Å²) < 4.78 is 15.5. The molecule has 0 radical (unpaired) electrons. The van der Waals surface area contributed by atoms with Gasteiger partial charge >= 0.3 is 0 Å². The minimum Gasteiger partial charge on any atom is -0.392 e. The van der Waals surface area contributed by atoms with Crippen molar-refractivity contribution in [1.29, 1.82) is 5.26 Å². The molecular weight excluding hydrogens is 607 g/mol. The van der Waals surface area contributed by atoms with Crippen LogP contribution in [0.15, 0.2) is 55.0 Å². The summed E-state index contributed by atoms with van der Waals surface area (Å²) in [5, 5.41) is 26.2. The zero-order valence-corrected chi connectivity index (χ0v) is 26.0. The number of β-amino-alcohol motifs (C(OH)–C–C–N with tert-alkyl or cyclic N) is 1. The lowest BCUT2D eigenvalue weighted by Crippen LogP contribution is -2.61. The van der Waals surface area contributed by atoms with E-state index >= 15 is 0 Å². The van der Waals surface area contributed by atoms with Crippen LogP contribution in [-0.4, -0.2) is 80.2 Å². The van der Waals surface area contributed by atoms with Crippen LogP contribution in [0.4, 0.5) is 21.3 Å². The lowest BCUT2D eigenvalue weighted by atomic mass is 10.1. The Labute approximate surface area is 268 Å². The van der Waals surface area contributed by atoms with E-state index in [0.29, 0.717) is 59.7 Å². The van der Waals surface area contributed by atoms with Crippen LogP contribution in [0.25, 0.3) is 28.0 Å². The molecule has 14 heteroatoms. The van der Waals surface area contributed by atoms with Crippen molar-refractivity contribution < 1.29 is 14.3 Å². The van der Waals surface area contributed by atoms with Gasteiger partial charge in [0.05, 0.1) is 23.9 Å². The third kappa shape index (κ3) is 5.53. The number of anilines is 3. The Morgan fingerprint density at radius 3 is 2.57 bits per heavy atom. The summed E-state index contributed by atoms with van der Waals surface area (Å²) in [5.74, 6) is 0.989.